The van der Waals surface area contributed by atoms with Gasteiger partial charge in [-0.05, 0) is 22.7 Å². The van der Waals surface area contributed by atoms with Gasteiger partial charge in [-0.15, -0.1) is 0 Å². The van der Waals surface area contributed by atoms with Gasteiger partial charge in [-0.1, -0.05) is 74.2 Å². The van der Waals surface area contributed by atoms with Gasteiger partial charge in [0.15, 0.2) is 0 Å². The molecular weight excluding hydrogens is 220 g/mol. The van der Waals surface area contributed by atoms with Crippen LogP contribution in [0, 0.1) is 0 Å². The van der Waals surface area contributed by atoms with E-state index in [0.717, 1.165) is 0 Å². The molecule has 0 aromatic heterocycles. The summed E-state index contributed by atoms with van der Waals surface area (Å²) in [6.07, 6.45) is 0. The number of hydrogen-bond donors (Lipinski definition) is 0. The molecule has 0 aliphatic carbocycles. The van der Waals surface area contributed by atoms with E-state index in [0.29, 0.717) is 0 Å². The molecule has 1 heteroatoms. The summed E-state index contributed by atoms with van der Waals surface area (Å²) < 4.78 is 0. The topological polar surface area (TPSA) is 0 Å². The number of hydrogen-bond acceptors (Lipinski definition) is 0. The average Bonchev–Trinajstić information content (AvgIpc) is 2.29. The zero-order chi connectivity index (χ0) is 12.3. The molecule has 0 nitrogen and oxygen atoms in total. The minimum Gasteiger partial charge on any atom is -0.0693 e. The lowest BCUT2D eigenvalue weighted by molar-refractivity contribution is 1.31. The molecule has 0 N–H and O–H groups in total. The van der Waals surface area contributed by atoms with Crippen LogP contribution in [0.3, 0.4) is 0 Å². The second-order valence-electron chi connectivity index (χ2n) is 5.76. The molecule has 0 heterocycles. The molecular formula is C16H20Si. The Kier molecular flexibility index (Phi) is 3.48. The molecule has 0 unspecified atom stereocenters. The molecule has 0 amide bonds. The number of rotatable bonds is 3. The van der Waals surface area contributed by atoms with Crippen molar-refractivity contribution in [3.63, 3.8) is 0 Å². The molecule has 0 fully saturated rings. The maximum atomic E-state index is 2.43. The molecule has 0 radical (unpaired) electrons. The SMILES string of the molecule is C[Si](C)(C)Cc1ccccc1-c1ccccc1. The van der Waals surface area contributed by atoms with Crippen LogP contribution in [0.2, 0.25) is 19.6 Å². The molecule has 17 heavy (non-hydrogen) atoms. The van der Waals surface area contributed by atoms with Crippen LogP contribution in [-0.4, -0.2) is 8.07 Å². The molecule has 2 rings (SSSR count). The molecule has 0 bridgehead atoms. The summed E-state index contributed by atoms with van der Waals surface area (Å²) >= 11 is 0. The zero-order valence-electron chi connectivity index (χ0n) is 10.9. The zero-order valence-corrected chi connectivity index (χ0v) is 11.9. The highest BCUT2D eigenvalue weighted by molar-refractivity contribution is 6.75. The van der Waals surface area contributed by atoms with Gasteiger partial charge in [0.05, 0.1) is 0 Å². The van der Waals surface area contributed by atoms with Crippen molar-refractivity contribution in [3.8, 4) is 11.1 Å². The van der Waals surface area contributed by atoms with E-state index in [1.54, 1.807) is 0 Å². The van der Waals surface area contributed by atoms with Crippen LogP contribution in [0.1, 0.15) is 5.56 Å². The maximum absolute atomic E-state index is 2.43. The van der Waals surface area contributed by atoms with Crippen molar-refractivity contribution in [2.24, 2.45) is 0 Å². The van der Waals surface area contributed by atoms with Crippen molar-refractivity contribution in [3.05, 3.63) is 60.2 Å². The second-order valence-corrected chi connectivity index (χ2v) is 11.2. The van der Waals surface area contributed by atoms with Gasteiger partial charge in [-0.2, -0.15) is 0 Å². The molecule has 0 saturated heterocycles. The Morgan fingerprint density at radius 2 is 1.35 bits per heavy atom. The first kappa shape index (κ1) is 12.1. The first-order valence-electron chi connectivity index (χ1n) is 6.20. The summed E-state index contributed by atoms with van der Waals surface area (Å²) in [7, 11) is -1.06. The van der Waals surface area contributed by atoms with Crippen LogP contribution >= 0.6 is 0 Å². The van der Waals surface area contributed by atoms with E-state index in [9.17, 15) is 0 Å². The Balaban J connectivity index is 2.41. The van der Waals surface area contributed by atoms with E-state index in [1.807, 2.05) is 0 Å². The Bertz CT molecular complexity index is 480. The standard InChI is InChI=1S/C16H20Si/c1-17(2,3)13-15-11-7-8-12-16(15)14-9-5-4-6-10-14/h4-12H,13H2,1-3H3. The van der Waals surface area contributed by atoms with Gasteiger partial charge in [0.25, 0.3) is 0 Å². The summed E-state index contributed by atoms with van der Waals surface area (Å²) in [4.78, 5) is 0. The van der Waals surface area contributed by atoms with Crippen molar-refractivity contribution >= 4 is 8.07 Å². The van der Waals surface area contributed by atoms with Crippen LogP contribution in [-0.2, 0) is 6.04 Å². The van der Waals surface area contributed by atoms with Crippen molar-refractivity contribution in [2.75, 3.05) is 0 Å². The quantitative estimate of drug-likeness (QED) is 0.678. The fraction of sp³-hybridized carbons (Fsp3) is 0.250. The van der Waals surface area contributed by atoms with Gasteiger partial charge < -0.3 is 0 Å². The van der Waals surface area contributed by atoms with E-state index in [1.165, 1.54) is 22.7 Å². The molecule has 2 aromatic carbocycles. The van der Waals surface area contributed by atoms with Crippen molar-refractivity contribution in [1.82, 2.24) is 0 Å². The van der Waals surface area contributed by atoms with Gasteiger partial charge in [0.1, 0.15) is 0 Å². The monoisotopic (exact) mass is 240 g/mol. The van der Waals surface area contributed by atoms with Crippen molar-refractivity contribution in [2.45, 2.75) is 25.7 Å². The summed E-state index contributed by atoms with van der Waals surface area (Å²) in [5.41, 5.74) is 4.23. The van der Waals surface area contributed by atoms with Crippen molar-refractivity contribution in [1.29, 1.82) is 0 Å². The van der Waals surface area contributed by atoms with Gasteiger partial charge in [-0.25, -0.2) is 0 Å². The fourth-order valence-corrected chi connectivity index (χ4v) is 3.60. The van der Waals surface area contributed by atoms with E-state index < -0.39 is 8.07 Å². The molecule has 0 saturated carbocycles. The summed E-state index contributed by atoms with van der Waals surface area (Å²) in [5, 5.41) is 0. The minimum atomic E-state index is -1.06. The van der Waals surface area contributed by atoms with Crippen molar-refractivity contribution < 1.29 is 0 Å². The van der Waals surface area contributed by atoms with Gasteiger partial charge in [-0.3, -0.25) is 0 Å². The van der Waals surface area contributed by atoms with E-state index in [2.05, 4.69) is 74.2 Å². The van der Waals surface area contributed by atoms with Crippen LogP contribution in [0.5, 0.6) is 0 Å². The normalized spacial score (nSPS) is 11.5. The summed E-state index contributed by atoms with van der Waals surface area (Å²) in [6, 6.07) is 20.7. The summed E-state index contributed by atoms with van der Waals surface area (Å²) in [5.74, 6) is 0. The third kappa shape index (κ3) is 3.30. The predicted molar refractivity (Wildman–Crippen MR) is 78.9 cm³/mol. The summed E-state index contributed by atoms with van der Waals surface area (Å²) in [6.45, 7) is 7.28. The first-order chi connectivity index (χ1) is 8.06. The van der Waals surface area contributed by atoms with Crippen LogP contribution in [0.15, 0.2) is 54.6 Å². The van der Waals surface area contributed by atoms with Gasteiger partial charge in [0.2, 0.25) is 0 Å². The van der Waals surface area contributed by atoms with Crippen LogP contribution in [0.25, 0.3) is 11.1 Å². The van der Waals surface area contributed by atoms with E-state index >= 15 is 0 Å². The lowest BCUT2D eigenvalue weighted by Crippen LogP contribution is -2.24. The fourth-order valence-electron chi connectivity index (χ4n) is 2.15. The smallest absolute Gasteiger partial charge is 0.0487 e. The third-order valence-electron chi connectivity index (χ3n) is 2.82. The predicted octanol–water partition coefficient (Wildman–Crippen LogP) is 4.77. The third-order valence-corrected chi connectivity index (χ3v) is 4.26. The lowest BCUT2D eigenvalue weighted by Gasteiger charge is -2.18. The number of benzene rings is 2. The van der Waals surface area contributed by atoms with Crippen LogP contribution in [0.4, 0.5) is 0 Å². The van der Waals surface area contributed by atoms with Gasteiger partial charge >= 0.3 is 0 Å². The van der Waals surface area contributed by atoms with E-state index in [4.69, 9.17) is 0 Å². The Morgan fingerprint density at radius 1 is 0.765 bits per heavy atom. The molecule has 88 valence electrons. The maximum Gasteiger partial charge on any atom is 0.0487 e. The molecule has 0 aliphatic rings. The molecule has 0 atom stereocenters. The highest BCUT2D eigenvalue weighted by Crippen LogP contribution is 2.25. The minimum absolute atomic E-state index is 1.06. The molecule has 2 aromatic rings. The molecule has 0 aliphatic heterocycles. The first-order valence-corrected chi connectivity index (χ1v) is 9.90. The highest BCUT2D eigenvalue weighted by atomic mass is 28.3. The Morgan fingerprint density at radius 3 is 2.00 bits per heavy atom. The van der Waals surface area contributed by atoms with Crippen LogP contribution < -0.4 is 0 Å². The Labute approximate surface area is 105 Å². The average molecular weight is 240 g/mol. The molecule has 0 spiro atoms. The second kappa shape index (κ2) is 4.88. The lowest BCUT2D eigenvalue weighted by atomic mass is 10.0. The van der Waals surface area contributed by atoms with Gasteiger partial charge in [0, 0.05) is 8.07 Å². The van der Waals surface area contributed by atoms with E-state index in [-0.39, 0.29) is 0 Å². The highest BCUT2D eigenvalue weighted by Gasteiger charge is 2.16. The largest absolute Gasteiger partial charge is 0.0693 e. The Hall–Kier alpha value is -1.34.